The summed E-state index contributed by atoms with van der Waals surface area (Å²) in [6.45, 7) is 7.69. The van der Waals surface area contributed by atoms with Crippen molar-refractivity contribution < 1.29 is 18.8 Å². The molecule has 0 radical (unpaired) electrons. The van der Waals surface area contributed by atoms with Crippen LogP contribution in [-0.2, 0) is 10.5 Å². The van der Waals surface area contributed by atoms with Crippen molar-refractivity contribution in [3.8, 4) is 0 Å². The SMILES string of the molecule is Cc1noc(CSc2ccccc2C(=O)NCCNC(=O)OC(C)(C)C)n1. The van der Waals surface area contributed by atoms with Gasteiger partial charge in [-0.2, -0.15) is 4.98 Å². The van der Waals surface area contributed by atoms with E-state index >= 15 is 0 Å². The molecule has 0 saturated heterocycles. The Morgan fingerprint density at radius 3 is 2.56 bits per heavy atom. The fraction of sp³-hybridized carbons (Fsp3) is 0.444. The van der Waals surface area contributed by atoms with E-state index in [4.69, 9.17) is 9.26 Å². The van der Waals surface area contributed by atoms with Gasteiger partial charge in [0.15, 0.2) is 5.82 Å². The van der Waals surface area contributed by atoms with Gasteiger partial charge in [-0.15, -0.1) is 11.8 Å². The molecule has 0 aliphatic rings. The number of nitrogens with one attached hydrogen (secondary N) is 2. The van der Waals surface area contributed by atoms with Gasteiger partial charge < -0.3 is 19.9 Å². The largest absolute Gasteiger partial charge is 0.444 e. The molecule has 0 fully saturated rings. The Balaban J connectivity index is 1.83. The Morgan fingerprint density at radius 2 is 1.89 bits per heavy atom. The third-order valence-corrected chi connectivity index (χ3v) is 4.19. The zero-order valence-corrected chi connectivity index (χ0v) is 16.7. The molecule has 2 aromatic rings. The van der Waals surface area contributed by atoms with Crippen molar-refractivity contribution in [1.29, 1.82) is 0 Å². The molecular formula is C18H24N4O4S. The third-order valence-electron chi connectivity index (χ3n) is 3.13. The zero-order chi connectivity index (χ0) is 19.9. The molecule has 8 nitrogen and oxygen atoms in total. The number of hydrogen-bond acceptors (Lipinski definition) is 7. The molecule has 0 spiro atoms. The van der Waals surface area contributed by atoms with Crippen LogP contribution in [-0.4, -0.2) is 40.8 Å². The van der Waals surface area contributed by atoms with Gasteiger partial charge in [0.1, 0.15) is 5.60 Å². The first-order chi connectivity index (χ1) is 12.7. The van der Waals surface area contributed by atoms with Crippen molar-refractivity contribution in [3.63, 3.8) is 0 Å². The number of alkyl carbamates (subject to hydrolysis) is 1. The van der Waals surface area contributed by atoms with Crippen LogP contribution in [0.5, 0.6) is 0 Å². The molecule has 2 N–H and O–H groups in total. The summed E-state index contributed by atoms with van der Waals surface area (Å²) in [6.07, 6.45) is -0.512. The predicted octanol–water partition coefficient (Wildman–Crippen LogP) is 2.92. The van der Waals surface area contributed by atoms with Crippen LogP contribution in [0, 0.1) is 6.92 Å². The highest BCUT2D eigenvalue weighted by atomic mass is 32.2. The Bertz CT molecular complexity index is 786. The van der Waals surface area contributed by atoms with E-state index in [2.05, 4.69) is 20.8 Å². The normalized spacial score (nSPS) is 11.1. The quantitative estimate of drug-likeness (QED) is 0.551. The third kappa shape index (κ3) is 7.30. The number of ether oxygens (including phenoxy) is 1. The summed E-state index contributed by atoms with van der Waals surface area (Å²) in [5, 5.41) is 9.14. The van der Waals surface area contributed by atoms with Crippen molar-refractivity contribution >= 4 is 23.8 Å². The van der Waals surface area contributed by atoms with Crippen LogP contribution in [0.2, 0.25) is 0 Å². The summed E-state index contributed by atoms with van der Waals surface area (Å²) in [5.74, 6) is 1.35. The van der Waals surface area contributed by atoms with Gasteiger partial charge in [0.05, 0.1) is 11.3 Å². The molecule has 2 rings (SSSR count). The zero-order valence-electron chi connectivity index (χ0n) is 15.9. The topological polar surface area (TPSA) is 106 Å². The number of aryl methyl sites for hydroxylation is 1. The monoisotopic (exact) mass is 392 g/mol. The maximum atomic E-state index is 12.4. The Hall–Kier alpha value is -2.55. The second-order valence-electron chi connectivity index (χ2n) is 6.70. The molecular weight excluding hydrogens is 368 g/mol. The predicted molar refractivity (Wildman–Crippen MR) is 102 cm³/mol. The van der Waals surface area contributed by atoms with Crippen LogP contribution < -0.4 is 10.6 Å². The number of rotatable bonds is 7. The fourth-order valence-electron chi connectivity index (χ4n) is 2.07. The average Bonchev–Trinajstić information content (AvgIpc) is 3.01. The second-order valence-corrected chi connectivity index (χ2v) is 7.72. The van der Waals surface area contributed by atoms with Crippen LogP contribution in [0.25, 0.3) is 0 Å². The van der Waals surface area contributed by atoms with Crippen LogP contribution in [0.1, 0.15) is 42.8 Å². The number of carbonyl (C=O) groups excluding carboxylic acids is 2. The standard InChI is InChI=1S/C18H24N4O4S/c1-12-21-15(26-22-12)11-27-14-8-6-5-7-13(14)16(23)19-9-10-20-17(24)25-18(2,3)4/h5-8H,9-11H2,1-4H3,(H,19,23)(H,20,24). The summed E-state index contributed by atoms with van der Waals surface area (Å²) >= 11 is 1.45. The Labute approximate surface area is 162 Å². The van der Waals surface area contributed by atoms with Crippen LogP contribution in [0.4, 0.5) is 4.79 Å². The molecule has 0 saturated carbocycles. The molecule has 146 valence electrons. The maximum absolute atomic E-state index is 12.4. The van der Waals surface area contributed by atoms with Gasteiger partial charge in [0, 0.05) is 18.0 Å². The van der Waals surface area contributed by atoms with Gasteiger partial charge in [-0.1, -0.05) is 17.3 Å². The molecule has 0 unspecified atom stereocenters. The fourth-order valence-corrected chi connectivity index (χ4v) is 2.96. The number of thioether (sulfide) groups is 1. The number of nitrogens with zero attached hydrogens (tertiary/aromatic N) is 2. The van der Waals surface area contributed by atoms with Gasteiger partial charge >= 0.3 is 6.09 Å². The molecule has 1 aromatic heterocycles. The van der Waals surface area contributed by atoms with Gasteiger partial charge in [-0.25, -0.2) is 4.79 Å². The molecule has 0 atom stereocenters. The van der Waals surface area contributed by atoms with E-state index in [1.165, 1.54) is 11.8 Å². The van der Waals surface area contributed by atoms with Crippen molar-refractivity contribution in [2.24, 2.45) is 0 Å². The van der Waals surface area contributed by atoms with Crippen molar-refractivity contribution in [3.05, 3.63) is 41.5 Å². The number of benzene rings is 1. The van der Waals surface area contributed by atoms with Crippen molar-refractivity contribution in [2.45, 2.75) is 43.9 Å². The Kier molecular flexibility index (Phi) is 7.23. The molecule has 0 aliphatic carbocycles. The van der Waals surface area contributed by atoms with E-state index in [9.17, 15) is 9.59 Å². The van der Waals surface area contributed by atoms with Gasteiger partial charge in [-0.05, 0) is 39.8 Å². The lowest BCUT2D eigenvalue weighted by molar-refractivity contribution is 0.0526. The molecule has 2 amide bonds. The van der Waals surface area contributed by atoms with E-state index < -0.39 is 11.7 Å². The summed E-state index contributed by atoms with van der Waals surface area (Å²) in [7, 11) is 0. The van der Waals surface area contributed by atoms with Crippen molar-refractivity contribution in [2.75, 3.05) is 13.1 Å². The van der Waals surface area contributed by atoms with Crippen LogP contribution >= 0.6 is 11.8 Å². The summed E-state index contributed by atoms with van der Waals surface area (Å²) in [5.41, 5.74) is -0.00330. The van der Waals surface area contributed by atoms with E-state index in [1.54, 1.807) is 39.8 Å². The lowest BCUT2D eigenvalue weighted by Crippen LogP contribution is -2.37. The first-order valence-corrected chi connectivity index (χ1v) is 9.49. The highest BCUT2D eigenvalue weighted by molar-refractivity contribution is 7.98. The van der Waals surface area contributed by atoms with E-state index in [0.717, 1.165) is 4.90 Å². The smallest absolute Gasteiger partial charge is 0.407 e. The van der Waals surface area contributed by atoms with Gasteiger partial charge in [0.2, 0.25) is 5.89 Å². The minimum Gasteiger partial charge on any atom is -0.444 e. The number of aromatic nitrogens is 2. The highest BCUT2D eigenvalue weighted by Crippen LogP contribution is 2.25. The summed E-state index contributed by atoms with van der Waals surface area (Å²) in [4.78, 5) is 29.0. The minimum atomic E-state index is -0.555. The molecule has 0 bridgehead atoms. The molecule has 9 heteroatoms. The lowest BCUT2D eigenvalue weighted by atomic mass is 10.2. The molecule has 0 aliphatic heterocycles. The minimum absolute atomic E-state index is 0.217. The number of hydrogen-bond donors (Lipinski definition) is 2. The molecule has 1 heterocycles. The molecule has 1 aromatic carbocycles. The first kappa shape index (κ1) is 20.8. The Morgan fingerprint density at radius 1 is 1.19 bits per heavy atom. The van der Waals surface area contributed by atoms with Crippen LogP contribution in [0.3, 0.4) is 0 Å². The maximum Gasteiger partial charge on any atom is 0.407 e. The number of carbonyl (C=O) groups is 2. The van der Waals surface area contributed by atoms with E-state index in [-0.39, 0.29) is 12.5 Å². The van der Waals surface area contributed by atoms with Gasteiger partial charge in [-0.3, -0.25) is 4.79 Å². The number of amides is 2. The highest BCUT2D eigenvalue weighted by Gasteiger charge is 2.16. The molecule has 27 heavy (non-hydrogen) atoms. The van der Waals surface area contributed by atoms with Gasteiger partial charge in [0.25, 0.3) is 5.91 Å². The first-order valence-electron chi connectivity index (χ1n) is 8.50. The van der Waals surface area contributed by atoms with Crippen LogP contribution in [0.15, 0.2) is 33.7 Å². The summed E-state index contributed by atoms with van der Waals surface area (Å²) < 4.78 is 10.2. The average molecular weight is 392 g/mol. The van der Waals surface area contributed by atoms with Crippen molar-refractivity contribution in [1.82, 2.24) is 20.8 Å². The van der Waals surface area contributed by atoms with E-state index in [1.807, 2.05) is 12.1 Å². The second kappa shape index (κ2) is 9.40. The van der Waals surface area contributed by atoms with E-state index in [0.29, 0.717) is 29.6 Å². The summed E-state index contributed by atoms with van der Waals surface area (Å²) in [6, 6.07) is 7.27. The lowest BCUT2D eigenvalue weighted by Gasteiger charge is -2.19.